The Bertz CT molecular complexity index is 1290. The molecule has 0 spiro atoms. The Morgan fingerprint density at radius 2 is 0.971 bits per heavy atom. The maximum atomic E-state index is 12.5. The number of ether oxygens (including phenoxy) is 2. The molecule has 0 aromatic heterocycles. The van der Waals surface area contributed by atoms with E-state index in [4.69, 9.17) is 9.47 Å². The molecule has 0 fully saturated rings. The summed E-state index contributed by atoms with van der Waals surface area (Å²) in [5.41, 5.74) is 7.54. The van der Waals surface area contributed by atoms with Crippen molar-refractivity contribution in [1.82, 2.24) is 0 Å². The molecule has 0 atom stereocenters. The summed E-state index contributed by atoms with van der Waals surface area (Å²) in [6.45, 7) is 6.05. The van der Waals surface area contributed by atoms with Crippen LogP contribution in [0.3, 0.4) is 0 Å². The Labute approximate surface area is 198 Å². The van der Waals surface area contributed by atoms with E-state index in [9.17, 15) is 9.59 Å². The maximum absolute atomic E-state index is 12.5. The Balaban J connectivity index is 1.35. The van der Waals surface area contributed by atoms with E-state index in [1.165, 1.54) is 0 Å². The molecule has 0 N–H and O–H groups in total. The first kappa shape index (κ1) is 21.7. The van der Waals surface area contributed by atoms with Crippen molar-refractivity contribution < 1.29 is 19.1 Å². The molecular formula is C30H24O4. The molecule has 1 aliphatic carbocycles. The zero-order valence-electron chi connectivity index (χ0n) is 19.3. The zero-order chi connectivity index (χ0) is 23.8. The van der Waals surface area contributed by atoms with E-state index < -0.39 is 0 Å². The molecule has 0 saturated heterocycles. The molecule has 4 nitrogen and oxygen atoms in total. The van der Waals surface area contributed by atoms with Crippen LogP contribution in [0.1, 0.15) is 55.8 Å². The number of hydrogen-bond acceptors (Lipinski definition) is 4. The molecule has 4 aromatic carbocycles. The predicted octanol–water partition coefficient (Wildman–Crippen LogP) is 6.87. The summed E-state index contributed by atoms with van der Waals surface area (Å²) in [6, 6.07) is 26.1. The number of carbonyl (C=O) groups is 2. The topological polar surface area (TPSA) is 52.6 Å². The first-order valence-electron chi connectivity index (χ1n) is 11.2. The van der Waals surface area contributed by atoms with E-state index >= 15 is 0 Å². The van der Waals surface area contributed by atoms with E-state index in [0.717, 1.165) is 33.4 Å². The van der Waals surface area contributed by atoms with Crippen molar-refractivity contribution in [2.75, 3.05) is 0 Å². The first-order valence-corrected chi connectivity index (χ1v) is 11.2. The van der Waals surface area contributed by atoms with E-state index in [-0.39, 0.29) is 17.9 Å². The average molecular weight is 449 g/mol. The van der Waals surface area contributed by atoms with Gasteiger partial charge in [-0.05, 0) is 84.6 Å². The molecule has 5 rings (SSSR count). The van der Waals surface area contributed by atoms with Gasteiger partial charge in [-0.3, -0.25) is 0 Å². The molecule has 0 unspecified atom stereocenters. The molecule has 0 aliphatic heterocycles. The lowest BCUT2D eigenvalue weighted by molar-refractivity contribution is 0.0725. The summed E-state index contributed by atoms with van der Waals surface area (Å²) in [4.78, 5) is 25.1. The number of carbonyl (C=O) groups excluding carboxylic acids is 2. The molecule has 4 heteroatoms. The fraction of sp³-hybridized carbons (Fsp3) is 0.133. The second-order valence-corrected chi connectivity index (χ2v) is 8.73. The van der Waals surface area contributed by atoms with Gasteiger partial charge in [0.15, 0.2) is 0 Å². The van der Waals surface area contributed by atoms with Crippen LogP contribution in [0.25, 0.3) is 11.1 Å². The van der Waals surface area contributed by atoms with Crippen LogP contribution in [0.5, 0.6) is 11.5 Å². The van der Waals surface area contributed by atoms with Gasteiger partial charge in [0.05, 0.1) is 11.1 Å². The quantitative estimate of drug-likeness (QED) is 0.252. The molecule has 168 valence electrons. The standard InChI is InChI=1S/C30H24O4/c1-18-4-8-21(9-5-18)29(31)33-23-12-14-25-26-15-13-24(17-28(26)20(3)27(25)16-23)34-30(32)22-10-6-19(2)7-11-22/h4-17,20H,1-3H3. The third-order valence-electron chi connectivity index (χ3n) is 6.26. The van der Waals surface area contributed by atoms with Gasteiger partial charge in [-0.15, -0.1) is 0 Å². The van der Waals surface area contributed by atoms with Crippen molar-refractivity contribution in [3.05, 3.63) is 118 Å². The van der Waals surface area contributed by atoms with Crippen molar-refractivity contribution in [2.24, 2.45) is 0 Å². The van der Waals surface area contributed by atoms with Gasteiger partial charge >= 0.3 is 11.9 Å². The van der Waals surface area contributed by atoms with Crippen LogP contribution in [0, 0.1) is 13.8 Å². The first-order chi connectivity index (χ1) is 16.4. The Morgan fingerprint density at radius 3 is 1.35 bits per heavy atom. The van der Waals surface area contributed by atoms with Gasteiger partial charge in [-0.2, -0.15) is 0 Å². The van der Waals surface area contributed by atoms with Crippen molar-refractivity contribution in [2.45, 2.75) is 26.7 Å². The highest BCUT2D eigenvalue weighted by atomic mass is 16.5. The monoisotopic (exact) mass is 448 g/mol. The molecule has 0 heterocycles. The molecule has 1 aliphatic rings. The average Bonchev–Trinajstić information content (AvgIpc) is 3.11. The van der Waals surface area contributed by atoms with Crippen LogP contribution in [-0.4, -0.2) is 11.9 Å². The second kappa shape index (κ2) is 8.64. The number of fused-ring (bicyclic) bond motifs is 3. The Kier molecular flexibility index (Phi) is 5.50. The number of benzene rings is 4. The zero-order valence-corrected chi connectivity index (χ0v) is 19.3. The number of rotatable bonds is 4. The van der Waals surface area contributed by atoms with Gasteiger partial charge < -0.3 is 9.47 Å². The van der Waals surface area contributed by atoms with Gasteiger partial charge in [0.2, 0.25) is 0 Å². The fourth-order valence-corrected chi connectivity index (χ4v) is 4.29. The van der Waals surface area contributed by atoms with E-state index in [0.29, 0.717) is 22.6 Å². The van der Waals surface area contributed by atoms with Crippen LogP contribution in [0.2, 0.25) is 0 Å². The van der Waals surface area contributed by atoms with Crippen LogP contribution in [0.4, 0.5) is 0 Å². The summed E-state index contributed by atoms with van der Waals surface area (Å²) in [6.07, 6.45) is 0. The number of hydrogen-bond donors (Lipinski definition) is 0. The van der Waals surface area contributed by atoms with Gasteiger partial charge in [0, 0.05) is 5.92 Å². The van der Waals surface area contributed by atoms with Crippen molar-refractivity contribution in [1.29, 1.82) is 0 Å². The largest absolute Gasteiger partial charge is 0.423 e. The van der Waals surface area contributed by atoms with E-state index in [2.05, 4.69) is 6.92 Å². The minimum atomic E-state index is -0.381. The third-order valence-corrected chi connectivity index (χ3v) is 6.26. The highest BCUT2D eigenvalue weighted by Crippen LogP contribution is 2.47. The lowest BCUT2D eigenvalue weighted by atomic mass is 9.99. The number of esters is 2. The highest BCUT2D eigenvalue weighted by molar-refractivity contribution is 5.92. The van der Waals surface area contributed by atoms with Crippen LogP contribution < -0.4 is 9.47 Å². The minimum Gasteiger partial charge on any atom is -0.423 e. The maximum Gasteiger partial charge on any atom is 0.343 e. The van der Waals surface area contributed by atoms with Crippen molar-refractivity contribution >= 4 is 11.9 Å². The van der Waals surface area contributed by atoms with Gasteiger partial charge in [0.1, 0.15) is 11.5 Å². The van der Waals surface area contributed by atoms with Gasteiger partial charge in [0.25, 0.3) is 0 Å². The van der Waals surface area contributed by atoms with Crippen molar-refractivity contribution in [3.63, 3.8) is 0 Å². The lowest BCUT2D eigenvalue weighted by Gasteiger charge is -2.10. The summed E-state index contributed by atoms with van der Waals surface area (Å²) in [7, 11) is 0. The Morgan fingerprint density at radius 1 is 0.588 bits per heavy atom. The smallest absolute Gasteiger partial charge is 0.343 e. The third kappa shape index (κ3) is 4.11. The van der Waals surface area contributed by atoms with Crippen LogP contribution in [-0.2, 0) is 0 Å². The minimum absolute atomic E-state index is 0.0704. The molecular weight excluding hydrogens is 424 g/mol. The van der Waals surface area contributed by atoms with Gasteiger partial charge in [-0.1, -0.05) is 54.4 Å². The summed E-state index contributed by atoms with van der Waals surface area (Å²) >= 11 is 0. The normalized spacial score (nSPS) is 12.1. The van der Waals surface area contributed by atoms with Gasteiger partial charge in [-0.25, -0.2) is 9.59 Å². The van der Waals surface area contributed by atoms with Crippen LogP contribution in [0.15, 0.2) is 84.9 Å². The second-order valence-electron chi connectivity index (χ2n) is 8.73. The SMILES string of the molecule is Cc1ccc(C(=O)Oc2ccc3c(c2)C(C)c2cc(OC(=O)c4ccc(C)cc4)ccc2-3)cc1. The summed E-state index contributed by atoms with van der Waals surface area (Å²) in [5, 5.41) is 0. The molecule has 34 heavy (non-hydrogen) atoms. The lowest BCUT2D eigenvalue weighted by Crippen LogP contribution is -2.08. The van der Waals surface area contributed by atoms with Crippen LogP contribution >= 0.6 is 0 Å². The molecule has 0 saturated carbocycles. The predicted molar refractivity (Wildman–Crippen MR) is 132 cm³/mol. The summed E-state index contributed by atoms with van der Waals surface area (Å²) < 4.78 is 11.3. The molecule has 0 amide bonds. The van der Waals surface area contributed by atoms with Crippen molar-refractivity contribution in [3.8, 4) is 22.6 Å². The Hall–Kier alpha value is -4.18. The summed E-state index contributed by atoms with van der Waals surface area (Å²) in [5.74, 6) is 0.327. The fourth-order valence-electron chi connectivity index (χ4n) is 4.29. The molecule has 4 aromatic rings. The van der Waals surface area contributed by atoms with E-state index in [1.807, 2.05) is 74.5 Å². The van der Waals surface area contributed by atoms with E-state index in [1.54, 1.807) is 24.3 Å². The number of aryl methyl sites for hydroxylation is 2. The molecule has 0 bridgehead atoms. The molecule has 0 radical (unpaired) electrons. The highest BCUT2D eigenvalue weighted by Gasteiger charge is 2.27.